The van der Waals surface area contributed by atoms with Crippen LogP contribution in [0.5, 0.6) is 11.5 Å². The van der Waals surface area contributed by atoms with Crippen LogP contribution >= 0.6 is 11.6 Å². The highest BCUT2D eigenvalue weighted by Crippen LogP contribution is 2.36. The molecule has 0 fully saturated rings. The van der Waals surface area contributed by atoms with Gasteiger partial charge in [0.2, 0.25) is 0 Å². The van der Waals surface area contributed by atoms with E-state index in [1.807, 2.05) is 19.9 Å². The second kappa shape index (κ2) is 8.25. The molecule has 0 radical (unpaired) electrons. The summed E-state index contributed by atoms with van der Waals surface area (Å²) in [5, 5.41) is 13.1. The molecule has 6 heteroatoms. The van der Waals surface area contributed by atoms with Gasteiger partial charge in [-0.15, -0.1) is 0 Å². The Kier molecular flexibility index (Phi) is 6.97. The molecule has 0 aliphatic carbocycles. The number of hydrogen-bond donors (Lipinski definition) is 2. The highest BCUT2D eigenvalue weighted by atomic mass is 35.5. The van der Waals surface area contributed by atoms with Crippen molar-refractivity contribution < 1.29 is 19.4 Å². The lowest BCUT2D eigenvalue weighted by Crippen LogP contribution is -2.40. The number of benzene rings is 1. The molecule has 1 rings (SSSR count). The molecule has 0 amide bonds. The third-order valence-electron chi connectivity index (χ3n) is 4.09. The van der Waals surface area contributed by atoms with Gasteiger partial charge in [-0.2, -0.15) is 0 Å². The van der Waals surface area contributed by atoms with Gasteiger partial charge in [-0.05, 0) is 30.5 Å². The summed E-state index contributed by atoms with van der Waals surface area (Å²) in [6, 6.07) is 3.62. The molecule has 2 N–H and O–H groups in total. The number of rotatable bonds is 9. The van der Waals surface area contributed by atoms with E-state index in [-0.39, 0.29) is 0 Å². The van der Waals surface area contributed by atoms with Gasteiger partial charge in [0, 0.05) is 13.1 Å². The van der Waals surface area contributed by atoms with E-state index >= 15 is 0 Å². The van der Waals surface area contributed by atoms with Gasteiger partial charge in [-0.25, -0.2) is 0 Å². The van der Waals surface area contributed by atoms with Crippen LogP contribution in [-0.4, -0.2) is 31.8 Å². The van der Waals surface area contributed by atoms with Crippen LogP contribution in [0.4, 0.5) is 0 Å². The molecule has 0 saturated carbocycles. The van der Waals surface area contributed by atoms with Crippen molar-refractivity contribution in [2.75, 3.05) is 20.8 Å². The van der Waals surface area contributed by atoms with Gasteiger partial charge in [-0.3, -0.25) is 4.79 Å². The topological polar surface area (TPSA) is 67.8 Å². The van der Waals surface area contributed by atoms with Gasteiger partial charge in [0.1, 0.15) is 0 Å². The van der Waals surface area contributed by atoms with Crippen molar-refractivity contribution in [2.24, 2.45) is 5.41 Å². The maximum atomic E-state index is 11.5. The van der Waals surface area contributed by atoms with Crippen molar-refractivity contribution in [3.05, 3.63) is 22.7 Å². The minimum absolute atomic E-state index is 0.404. The predicted octanol–water partition coefficient (Wildman–Crippen LogP) is 3.34. The fourth-order valence-electron chi connectivity index (χ4n) is 2.40. The number of carbonyl (C=O) groups is 1. The fraction of sp³-hybridized carbons (Fsp3) is 0.562. The van der Waals surface area contributed by atoms with E-state index in [1.54, 1.807) is 13.2 Å². The normalized spacial score (nSPS) is 11.3. The van der Waals surface area contributed by atoms with Gasteiger partial charge in [0.25, 0.3) is 0 Å². The number of hydrogen-bond acceptors (Lipinski definition) is 4. The third kappa shape index (κ3) is 4.05. The molecule has 0 aliphatic rings. The standard InChI is InChI=1S/C16H24ClNO4/c1-5-16(6-2,15(19)20)10-18-9-11-7-12(17)14(22-4)13(8-11)21-3/h7-8,18H,5-6,9-10H2,1-4H3,(H,19,20). The minimum atomic E-state index is -0.768. The van der Waals surface area contributed by atoms with Gasteiger partial charge in [0.15, 0.2) is 11.5 Å². The molecule has 0 unspecified atom stereocenters. The van der Waals surface area contributed by atoms with Crippen molar-refractivity contribution in [1.82, 2.24) is 5.32 Å². The average molecular weight is 330 g/mol. The molecule has 0 aromatic heterocycles. The first kappa shape index (κ1) is 18.6. The van der Waals surface area contributed by atoms with Crippen molar-refractivity contribution in [3.8, 4) is 11.5 Å². The fourth-order valence-corrected chi connectivity index (χ4v) is 2.71. The Morgan fingerprint density at radius 1 is 1.27 bits per heavy atom. The van der Waals surface area contributed by atoms with Crippen molar-refractivity contribution >= 4 is 17.6 Å². The van der Waals surface area contributed by atoms with Crippen LogP contribution in [0.15, 0.2) is 12.1 Å². The van der Waals surface area contributed by atoms with Gasteiger partial charge >= 0.3 is 5.97 Å². The summed E-state index contributed by atoms with van der Waals surface area (Å²) in [6.07, 6.45) is 1.16. The minimum Gasteiger partial charge on any atom is -0.493 e. The highest BCUT2D eigenvalue weighted by Gasteiger charge is 2.34. The first-order valence-electron chi connectivity index (χ1n) is 7.28. The van der Waals surface area contributed by atoms with E-state index in [9.17, 15) is 9.90 Å². The van der Waals surface area contributed by atoms with Crippen LogP contribution < -0.4 is 14.8 Å². The quantitative estimate of drug-likeness (QED) is 0.727. The van der Waals surface area contributed by atoms with Crippen LogP contribution in [0.3, 0.4) is 0 Å². The first-order chi connectivity index (χ1) is 10.4. The maximum Gasteiger partial charge on any atom is 0.310 e. The molecule has 124 valence electrons. The molecule has 0 saturated heterocycles. The molecule has 1 aromatic rings. The molecule has 22 heavy (non-hydrogen) atoms. The smallest absolute Gasteiger partial charge is 0.310 e. The summed E-state index contributed by atoms with van der Waals surface area (Å²) in [4.78, 5) is 11.5. The summed E-state index contributed by atoms with van der Waals surface area (Å²) in [5.41, 5.74) is 0.175. The van der Waals surface area contributed by atoms with E-state index < -0.39 is 11.4 Å². The number of methoxy groups -OCH3 is 2. The van der Waals surface area contributed by atoms with Gasteiger partial charge in [0.05, 0.1) is 24.7 Å². The van der Waals surface area contributed by atoms with Gasteiger partial charge < -0.3 is 19.9 Å². The Hall–Kier alpha value is -1.46. The monoisotopic (exact) mass is 329 g/mol. The Morgan fingerprint density at radius 3 is 2.36 bits per heavy atom. The summed E-state index contributed by atoms with van der Waals surface area (Å²) < 4.78 is 10.4. The van der Waals surface area contributed by atoms with Crippen LogP contribution in [0.25, 0.3) is 0 Å². The number of halogens is 1. The van der Waals surface area contributed by atoms with Gasteiger partial charge in [-0.1, -0.05) is 25.4 Å². The summed E-state index contributed by atoms with van der Waals surface area (Å²) in [5.74, 6) is 0.285. The molecule has 0 spiro atoms. The number of aliphatic carboxylic acids is 1. The van der Waals surface area contributed by atoms with Crippen molar-refractivity contribution in [1.29, 1.82) is 0 Å². The predicted molar refractivity (Wildman–Crippen MR) is 86.9 cm³/mol. The largest absolute Gasteiger partial charge is 0.493 e. The summed E-state index contributed by atoms with van der Waals surface area (Å²) in [6.45, 7) is 4.70. The zero-order valence-corrected chi connectivity index (χ0v) is 14.3. The average Bonchev–Trinajstić information content (AvgIpc) is 2.50. The molecular formula is C16H24ClNO4. The van der Waals surface area contributed by atoms with E-state index in [4.69, 9.17) is 21.1 Å². The Bertz CT molecular complexity index is 515. The highest BCUT2D eigenvalue weighted by molar-refractivity contribution is 6.32. The molecular weight excluding hydrogens is 306 g/mol. The lowest BCUT2D eigenvalue weighted by molar-refractivity contribution is -0.149. The lowest BCUT2D eigenvalue weighted by atomic mass is 9.82. The van der Waals surface area contributed by atoms with Crippen molar-refractivity contribution in [3.63, 3.8) is 0 Å². The maximum absolute atomic E-state index is 11.5. The van der Waals surface area contributed by atoms with E-state index in [0.29, 0.717) is 42.5 Å². The second-order valence-corrected chi connectivity index (χ2v) is 5.62. The van der Waals surface area contributed by atoms with E-state index in [2.05, 4.69) is 5.32 Å². The zero-order valence-electron chi connectivity index (χ0n) is 13.5. The van der Waals surface area contributed by atoms with Crippen LogP contribution in [0.1, 0.15) is 32.3 Å². The molecule has 5 nitrogen and oxygen atoms in total. The molecule has 1 aromatic carbocycles. The van der Waals surface area contributed by atoms with Crippen LogP contribution in [0, 0.1) is 5.41 Å². The Morgan fingerprint density at radius 2 is 1.91 bits per heavy atom. The summed E-state index contributed by atoms with van der Waals surface area (Å²) in [7, 11) is 3.08. The van der Waals surface area contributed by atoms with Crippen molar-refractivity contribution in [2.45, 2.75) is 33.2 Å². The summed E-state index contributed by atoms with van der Waals surface area (Å²) >= 11 is 6.16. The number of nitrogens with one attached hydrogen (secondary N) is 1. The molecule has 0 aliphatic heterocycles. The number of carboxylic acids is 1. The lowest BCUT2D eigenvalue weighted by Gasteiger charge is -2.27. The molecule has 0 heterocycles. The van der Waals surface area contributed by atoms with E-state index in [0.717, 1.165) is 5.56 Å². The number of ether oxygens (including phenoxy) is 2. The van der Waals surface area contributed by atoms with Crippen LogP contribution in [0.2, 0.25) is 5.02 Å². The third-order valence-corrected chi connectivity index (χ3v) is 4.37. The number of carboxylic acid groups (broad SMARTS) is 1. The van der Waals surface area contributed by atoms with Crippen LogP contribution in [-0.2, 0) is 11.3 Å². The second-order valence-electron chi connectivity index (χ2n) is 5.21. The zero-order chi connectivity index (χ0) is 16.8. The Balaban J connectivity index is 2.80. The van der Waals surface area contributed by atoms with E-state index in [1.165, 1.54) is 7.11 Å². The molecule has 0 atom stereocenters. The Labute approximate surface area is 136 Å². The first-order valence-corrected chi connectivity index (χ1v) is 7.66. The SMILES string of the molecule is CCC(CC)(CNCc1cc(Cl)c(OC)c(OC)c1)C(=O)O. The molecule has 0 bridgehead atoms.